The van der Waals surface area contributed by atoms with E-state index in [9.17, 15) is 14.4 Å². The van der Waals surface area contributed by atoms with Crippen LogP contribution in [0.5, 0.6) is 0 Å². The van der Waals surface area contributed by atoms with Crippen LogP contribution in [0.4, 0.5) is 5.13 Å². The van der Waals surface area contributed by atoms with Gasteiger partial charge in [0.1, 0.15) is 4.88 Å². The van der Waals surface area contributed by atoms with Crippen molar-refractivity contribution in [1.29, 1.82) is 0 Å². The number of carbonyl (C=O) groups is 3. The Kier molecular flexibility index (Phi) is 6.96. The molecule has 31 heavy (non-hydrogen) atoms. The molecule has 0 aliphatic carbocycles. The van der Waals surface area contributed by atoms with Gasteiger partial charge < -0.3 is 9.47 Å². The van der Waals surface area contributed by atoms with Crippen LogP contribution < -0.4 is 5.32 Å². The minimum atomic E-state index is -1.02. The number of fused-ring (bicyclic) bond motifs is 1. The molecule has 0 saturated carbocycles. The predicted octanol–water partition coefficient (Wildman–Crippen LogP) is 4.06. The number of nitrogens with zero attached hydrogens (tertiary/aromatic N) is 2. The largest absolute Gasteiger partial charge is 0.462 e. The molecule has 0 radical (unpaired) electrons. The molecule has 0 saturated heterocycles. The van der Waals surface area contributed by atoms with Gasteiger partial charge >= 0.3 is 11.9 Å². The maximum Gasteiger partial charge on any atom is 0.350 e. The molecular formula is C22H23N3O5S. The molecule has 2 heterocycles. The summed E-state index contributed by atoms with van der Waals surface area (Å²) in [5, 5.41) is 3.52. The quantitative estimate of drug-likeness (QED) is 0.551. The molecule has 0 bridgehead atoms. The fourth-order valence-corrected chi connectivity index (χ4v) is 3.88. The number of carbonyl (C=O) groups excluding carboxylic acids is 3. The highest BCUT2D eigenvalue weighted by Gasteiger charge is 2.25. The van der Waals surface area contributed by atoms with Gasteiger partial charge in [-0.05, 0) is 39.3 Å². The summed E-state index contributed by atoms with van der Waals surface area (Å²) in [5.74, 6) is -1.61. The molecule has 1 amide bonds. The number of thiazole rings is 1. The lowest BCUT2D eigenvalue weighted by Crippen LogP contribution is -2.32. The number of para-hydroxylation sites is 1. The lowest BCUT2D eigenvalue weighted by atomic mass is 10.1. The van der Waals surface area contributed by atoms with E-state index in [1.54, 1.807) is 39.8 Å². The standard InChI is InChI=1S/C22H23N3O5S/c1-5-17(19(26)25-22-24-13(4)18(31-22)21(28)29-6-2)30-20(27)15-11-12(3)23-16-10-8-7-9-14(15)16/h7-11,17H,5-6H2,1-4H3,(H,24,25,26)/t17-/m1/s1. The normalized spacial score (nSPS) is 11.7. The third-order valence-corrected chi connectivity index (χ3v) is 5.52. The van der Waals surface area contributed by atoms with Gasteiger partial charge in [0, 0.05) is 11.1 Å². The summed E-state index contributed by atoms with van der Waals surface area (Å²) in [6.45, 7) is 7.15. The van der Waals surface area contributed by atoms with E-state index in [1.165, 1.54) is 0 Å². The summed E-state index contributed by atoms with van der Waals surface area (Å²) in [4.78, 5) is 46.4. The van der Waals surface area contributed by atoms with Crippen molar-refractivity contribution in [2.24, 2.45) is 0 Å². The van der Waals surface area contributed by atoms with Crippen molar-refractivity contribution in [1.82, 2.24) is 9.97 Å². The average Bonchev–Trinajstić information content (AvgIpc) is 3.11. The second kappa shape index (κ2) is 9.65. The zero-order chi connectivity index (χ0) is 22.5. The predicted molar refractivity (Wildman–Crippen MR) is 117 cm³/mol. The van der Waals surface area contributed by atoms with Crippen molar-refractivity contribution in [2.45, 2.75) is 40.2 Å². The Hall–Kier alpha value is -3.33. The van der Waals surface area contributed by atoms with E-state index in [0.717, 1.165) is 11.3 Å². The van der Waals surface area contributed by atoms with Crippen LogP contribution in [0.25, 0.3) is 10.9 Å². The molecule has 1 aromatic carbocycles. The summed E-state index contributed by atoms with van der Waals surface area (Å²) in [5.41, 5.74) is 2.16. The fourth-order valence-electron chi connectivity index (χ4n) is 3.01. The first kappa shape index (κ1) is 22.4. The number of aryl methyl sites for hydroxylation is 2. The number of ether oxygens (including phenoxy) is 2. The van der Waals surface area contributed by atoms with Gasteiger partial charge in [-0.25, -0.2) is 14.6 Å². The van der Waals surface area contributed by atoms with E-state index >= 15 is 0 Å². The molecule has 2 aromatic heterocycles. The zero-order valence-corrected chi connectivity index (χ0v) is 18.5. The smallest absolute Gasteiger partial charge is 0.350 e. The second-order valence-corrected chi connectivity index (χ2v) is 7.77. The number of amides is 1. The molecule has 0 fully saturated rings. The van der Waals surface area contributed by atoms with E-state index in [2.05, 4.69) is 15.3 Å². The van der Waals surface area contributed by atoms with E-state index in [1.807, 2.05) is 18.2 Å². The van der Waals surface area contributed by atoms with Crippen molar-refractivity contribution < 1.29 is 23.9 Å². The third kappa shape index (κ3) is 5.05. The third-order valence-electron chi connectivity index (χ3n) is 4.46. The highest BCUT2D eigenvalue weighted by molar-refractivity contribution is 7.17. The van der Waals surface area contributed by atoms with Crippen LogP contribution in [0, 0.1) is 13.8 Å². The molecule has 3 rings (SSSR count). The molecule has 0 spiro atoms. The van der Waals surface area contributed by atoms with Crippen molar-refractivity contribution in [2.75, 3.05) is 11.9 Å². The molecule has 1 atom stereocenters. The number of esters is 2. The van der Waals surface area contributed by atoms with Gasteiger partial charge in [0.15, 0.2) is 11.2 Å². The Morgan fingerprint density at radius 2 is 1.84 bits per heavy atom. The Balaban J connectivity index is 1.76. The lowest BCUT2D eigenvalue weighted by molar-refractivity contribution is -0.124. The van der Waals surface area contributed by atoms with Crippen LogP contribution in [0.2, 0.25) is 0 Å². The average molecular weight is 442 g/mol. The number of aromatic nitrogens is 2. The fraction of sp³-hybridized carbons (Fsp3) is 0.318. The van der Waals surface area contributed by atoms with Gasteiger partial charge in [-0.15, -0.1) is 0 Å². The summed E-state index contributed by atoms with van der Waals surface area (Å²) in [7, 11) is 0. The number of hydrogen-bond donors (Lipinski definition) is 1. The monoisotopic (exact) mass is 441 g/mol. The first-order valence-electron chi connectivity index (χ1n) is 9.86. The highest BCUT2D eigenvalue weighted by Crippen LogP contribution is 2.24. The van der Waals surface area contributed by atoms with Gasteiger partial charge in [-0.2, -0.15) is 0 Å². The number of rotatable bonds is 7. The summed E-state index contributed by atoms with van der Waals surface area (Å²) >= 11 is 1.02. The van der Waals surface area contributed by atoms with Crippen LogP contribution >= 0.6 is 11.3 Å². The molecule has 162 valence electrons. The van der Waals surface area contributed by atoms with Crippen LogP contribution in [-0.2, 0) is 14.3 Å². The minimum Gasteiger partial charge on any atom is -0.462 e. The molecule has 0 aliphatic heterocycles. The topological polar surface area (TPSA) is 107 Å². The molecular weight excluding hydrogens is 418 g/mol. The number of anilines is 1. The van der Waals surface area contributed by atoms with Crippen LogP contribution in [0.3, 0.4) is 0 Å². The van der Waals surface area contributed by atoms with Crippen LogP contribution in [0.15, 0.2) is 30.3 Å². The SMILES string of the molecule is CCOC(=O)c1sc(NC(=O)[C@@H](CC)OC(=O)c2cc(C)nc3ccccc23)nc1C. The Morgan fingerprint density at radius 1 is 1.10 bits per heavy atom. The molecule has 8 nitrogen and oxygen atoms in total. The number of nitrogens with one attached hydrogen (secondary N) is 1. The molecule has 0 aliphatic rings. The van der Waals surface area contributed by atoms with Crippen molar-refractivity contribution in [3.63, 3.8) is 0 Å². The van der Waals surface area contributed by atoms with E-state index in [4.69, 9.17) is 9.47 Å². The molecule has 3 aromatic rings. The lowest BCUT2D eigenvalue weighted by Gasteiger charge is -2.16. The van der Waals surface area contributed by atoms with Crippen LogP contribution in [-0.4, -0.2) is 40.5 Å². The first-order valence-corrected chi connectivity index (χ1v) is 10.7. The van der Waals surface area contributed by atoms with Crippen LogP contribution in [0.1, 0.15) is 51.7 Å². The van der Waals surface area contributed by atoms with Crippen molar-refractivity contribution >= 4 is 45.2 Å². The van der Waals surface area contributed by atoms with Gasteiger partial charge in [-0.3, -0.25) is 15.1 Å². The second-order valence-electron chi connectivity index (χ2n) is 6.77. The van der Waals surface area contributed by atoms with Gasteiger partial charge in [-0.1, -0.05) is 36.5 Å². The Bertz CT molecular complexity index is 1140. The molecule has 1 N–H and O–H groups in total. The maximum atomic E-state index is 12.9. The molecule has 0 unspecified atom stereocenters. The zero-order valence-electron chi connectivity index (χ0n) is 17.7. The number of benzene rings is 1. The summed E-state index contributed by atoms with van der Waals surface area (Å²) < 4.78 is 10.5. The first-order chi connectivity index (χ1) is 14.8. The highest BCUT2D eigenvalue weighted by atomic mass is 32.1. The van der Waals surface area contributed by atoms with E-state index in [-0.39, 0.29) is 18.2 Å². The summed E-state index contributed by atoms with van der Waals surface area (Å²) in [6.07, 6.45) is -0.746. The van der Waals surface area contributed by atoms with Crippen molar-refractivity contribution in [3.05, 3.63) is 52.2 Å². The minimum absolute atomic E-state index is 0.241. The number of pyridine rings is 1. The van der Waals surface area contributed by atoms with Crippen molar-refractivity contribution in [3.8, 4) is 0 Å². The van der Waals surface area contributed by atoms with Gasteiger partial charge in [0.2, 0.25) is 0 Å². The summed E-state index contributed by atoms with van der Waals surface area (Å²) in [6, 6.07) is 8.90. The Morgan fingerprint density at radius 3 is 2.55 bits per heavy atom. The van der Waals surface area contributed by atoms with Gasteiger partial charge in [0.25, 0.3) is 5.91 Å². The van der Waals surface area contributed by atoms with E-state index < -0.39 is 23.9 Å². The van der Waals surface area contributed by atoms with E-state index in [0.29, 0.717) is 32.7 Å². The maximum absolute atomic E-state index is 12.9. The number of hydrogen-bond acceptors (Lipinski definition) is 8. The van der Waals surface area contributed by atoms with Gasteiger partial charge in [0.05, 0.1) is 23.4 Å². The molecule has 9 heteroatoms. The Labute approximate surface area is 183 Å².